The molecule has 1 aromatic carbocycles. The number of halogens is 1. The Bertz CT molecular complexity index is 376. The number of amides is 1. The first-order valence-corrected chi connectivity index (χ1v) is 7.10. The number of hydrogen-bond donors (Lipinski definition) is 1. The van der Waals surface area contributed by atoms with Crippen molar-refractivity contribution in [1.29, 1.82) is 0 Å². The normalized spacial score (nSPS) is 12.5. The molecule has 0 aromatic heterocycles. The highest BCUT2D eigenvalue weighted by molar-refractivity contribution is 9.09. The van der Waals surface area contributed by atoms with Gasteiger partial charge >= 0.3 is 0 Å². The van der Waals surface area contributed by atoms with E-state index in [2.05, 4.69) is 35.1 Å². The van der Waals surface area contributed by atoms with Crippen molar-refractivity contribution >= 4 is 21.8 Å². The molecule has 0 heterocycles. The molecule has 0 saturated carbocycles. The Balaban J connectivity index is 2.70. The van der Waals surface area contributed by atoms with Gasteiger partial charge in [0.15, 0.2) is 0 Å². The van der Waals surface area contributed by atoms with E-state index >= 15 is 0 Å². The van der Waals surface area contributed by atoms with Crippen LogP contribution in [0.2, 0.25) is 0 Å². The van der Waals surface area contributed by atoms with E-state index in [9.17, 15) is 4.79 Å². The van der Waals surface area contributed by atoms with E-state index in [1.165, 1.54) is 0 Å². The van der Waals surface area contributed by atoms with Crippen LogP contribution in [0.25, 0.3) is 0 Å². The predicted molar refractivity (Wildman–Crippen MR) is 75.7 cm³/mol. The molecule has 3 heteroatoms. The largest absolute Gasteiger partial charge is 0.349 e. The first-order valence-electron chi connectivity index (χ1n) is 5.98. The third-order valence-corrected chi connectivity index (χ3v) is 3.28. The summed E-state index contributed by atoms with van der Waals surface area (Å²) in [4.78, 5) is 12.1. The summed E-state index contributed by atoms with van der Waals surface area (Å²) in [6.07, 6.45) is 0.954. The number of benzene rings is 1. The first kappa shape index (κ1) is 14.2. The van der Waals surface area contributed by atoms with Gasteiger partial charge in [-0.3, -0.25) is 4.79 Å². The number of rotatable bonds is 5. The van der Waals surface area contributed by atoms with Crippen molar-refractivity contribution in [3.63, 3.8) is 0 Å². The molecule has 2 nitrogen and oxygen atoms in total. The van der Waals surface area contributed by atoms with Gasteiger partial charge in [-0.1, -0.05) is 47.5 Å². The van der Waals surface area contributed by atoms with Gasteiger partial charge in [-0.2, -0.15) is 0 Å². The zero-order valence-corrected chi connectivity index (χ0v) is 12.3. The standard InChI is InChI=1S/C14H20BrNO/c1-10(2)13(7-8-15)16-14(17)12-6-4-5-11(3)9-12/h4-6,9-10,13H,7-8H2,1-3H3,(H,16,17). The average molecular weight is 298 g/mol. The molecule has 0 fully saturated rings. The summed E-state index contributed by atoms with van der Waals surface area (Å²) < 4.78 is 0. The van der Waals surface area contributed by atoms with E-state index in [4.69, 9.17) is 0 Å². The molecule has 1 N–H and O–H groups in total. The molecule has 1 aromatic rings. The molecule has 0 spiro atoms. The van der Waals surface area contributed by atoms with Gasteiger partial charge in [0, 0.05) is 16.9 Å². The summed E-state index contributed by atoms with van der Waals surface area (Å²) in [5, 5.41) is 4.00. The molecule has 1 amide bonds. The van der Waals surface area contributed by atoms with Gasteiger partial charge in [0.2, 0.25) is 0 Å². The second-order valence-electron chi connectivity index (χ2n) is 4.67. The Kier molecular flexibility index (Phi) is 5.69. The van der Waals surface area contributed by atoms with Crippen LogP contribution < -0.4 is 5.32 Å². The molecule has 1 atom stereocenters. The summed E-state index contributed by atoms with van der Waals surface area (Å²) in [5.41, 5.74) is 1.85. The summed E-state index contributed by atoms with van der Waals surface area (Å²) in [6.45, 7) is 6.25. The van der Waals surface area contributed by atoms with Gasteiger partial charge in [0.1, 0.15) is 0 Å². The molecule has 0 bridgehead atoms. The number of carbonyl (C=O) groups is 1. The third-order valence-electron chi connectivity index (χ3n) is 2.82. The zero-order valence-electron chi connectivity index (χ0n) is 10.7. The fraction of sp³-hybridized carbons (Fsp3) is 0.500. The minimum atomic E-state index is 0.0216. The topological polar surface area (TPSA) is 29.1 Å². The van der Waals surface area contributed by atoms with Crippen LogP contribution in [0.15, 0.2) is 24.3 Å². The molecule has 0 aliphatic carbocycles. The minimum Gasteiger partial charge on any atom is -0.349 e. The molecule has 94 valence electrons. The number of alkyl halides is 1. The van der Waals surface area contributed by atoms with Crippen molar-refractivity contribution in [2.24, 2.45) is 5.92 Å². The highest BCUT2D eigenvalue weighted by Crippen LogP contribution is 2.10. The molecular formula is C14H20BrNO. The lowest BCUT2D eigenvalue weighted by Gasteiger charge is -2.21. The molecule has 0 aliphatic rings. The maximum absolute atomic E-state index is 12.1. The van der Waals surface area contributed by atoms with Gasteiger partial charge in [0.25, 0.3) is 5.91 Å². The summed E-state index contributed by atoms with van der Waals surface area (Å²) in [7, 11) is 0. The predicted octanol–water partition coefficient (Wildman–Crippen LogP) is 3.53. The van der Waals surface area contributed by atoms with E-state index in [1.807, 2.05) is 31.2 Å². The van der Waals surface area contributed by atoms with Crippen LogP contribution >= 0.6 is 15.9 Å². The monoisotopic (exact) mass is 297 g/mol. The Hall–Kier alpha value is -0.830. The molecular weight excluding hydrogens is 278 g/mol. The number of hydrogen-bond acceptors (Lipinski definition) is 1. The summed E-state index contributed by atoms with van der Waals surface area (Å²) >= 11 is 3.42. The lowest BCUT2D eigenvalue weighted by molar-refractivity contribution is 0.0925. The maximum atomic E-state index is 12.1. The minimum absolute atomic E-state index is 0.0216. The van der Waals surface area contributed by atoms with E-state index in [-0.39, 0.29) is 11.9 Å². The van der Waals surface area contributed by atoms with E-state index in [0.717, 1.165) is 22.9 Å². The van der Waals surface area contributed by atoms with Gasteiger partial charge in [-0.15, -0.1) is 0 Å². The second-order valence-corrected chi connectivity index (χ2v) is 5.46. The zero-order chi connectivity index (χ0) is 12.8. The second kappa shape index (κ2) is 6.80. The summed E-state index contributed by atoms with van der Waals surface area (Å²) in [5.74, 6) is 0.467. The Morgan fingerprint density at radius 1 is 1.41 bits per heavy atom. The molecule has 0 radical (unpaired) electrons. The van der Waals surface area contributed by atoms with Gasteiger partial charge < -0.3 is 5.32 Å². The van der Waals surface area contributed by atoms with Crippen LogP contribution in [0.1, 0.15) is 36.2 Å². The van der Waals surface area contributed by atoms with Crippen LogP contribution in [0.4, 0.5) is 0 Å². The van der Waals surface area contributed by atoms with Gasteiger partial charge in [0.05, 0.1) is 0 Å². The van der Waals surface area contributed by atoms with Gasteiger partial charge in [-0.25, -0.2) is 0 Å². The highest BCUT2D eigenvalue weighted by Gasteiger charge is 2.16. The van der Waals surface area contributed by atoms with E-state index in [0.29, 0.717) is 5.92 Å². The first-order chi connectivity index (χ1) is 8.04. The number of aryl methyl sites for hydroxylation is 1. The number of nitrogens with one attached hydrogen (secondary N) is 1. The third kappa shape index (κ3) is 4.50. The number of carbonyl (C=O) groups excluding carboxylic acids is 1. The summed E-state index contributed by atoms with van der Waals surface area (Å²) in [6, 6.07) is 7.91. The van der Waals surface area contributed by atoms with Crippen LogP contribution in [-0.4, -0.2) is 17.3 Å². The van der Waals surface area contributed by atoms with Crippen molar-refractivity contribution in [1.82, 2.24) is 5.32 Å². The Morgan fingerprint density at radius 3 is 2.65 bits per heavy atom. The van der Waals surface area contributed by atoms with Crippen LogP contribution in [0.3, 0.4) is 0 Å². The molecule has 1 unspecified atom stereocenters. The Labute approximate surface area is 112 Å². The van der Waals surface area contributed by atoms with Crippen molar-refractivity contribution in [2.45, 2.75) is 33.2 Å². The van der Waals surface area contributed by atoms with Crippen molar-refractivity contribution in [3.05, 3.63) is 35.4 Å². The van der Waals surface area contributed by atoms with Crippen molar-refractivity contribution in [2.75, 3.05) is 5.33 Å². The fourth-order valence-corrected chi connectivity index (χ4v) is 2.22. The highest BCUT2D eigenvalue weighted by atomic mass is 79.9. The van der Waals surface area contributed by atoms with Crippen LogP contribution in [0.5, 0.6) is 0 Å². The molecule has 0 saturated heterocycles. The smallest absolute Gasteiger partial charge is 0.251 e. The maximum Gasteiger partial charge on any atom is 0.251 e. The quantitative estimate of drug-likeness (QED) is 0.828. The fourth-order valence-electron chi connectivity index (χ4n) is 1.73. The van der Waals surface area contributed by atoms with Crippen LogP contribution in [-0.2, 0) is 0 Å². The van der Waals surface area contributed by atoms with Gasteiger partial charge in [-0.05, 0) is 31.4 Å². The van der Waals surface area contributed by atoms with Crippen molar-refractivity contribution < 1.29 is 4.79 Å². The lowest BCUT2D eigenvalue weighted by atomic mass is 10.0. The molecule has 1 rings (SSSR count). The van der Waals surface area contributed by atoms with E-state index in [1.54, 1.807) is 0 Å². The molecule has 0 aliphatic heterocycles. The average Bonchev–Trinajstić information content (AvgIpc) is 2.28. The Morgan fingerprint density at radius 2 is 2.12 bits per heavy atom. The van der Waals surface area contributed by atoms with Crippen LogP contribution in [0, 0.1) is 12.8 Å². The SMILES string of the molecule is Cc1cccc(C(=O)NC(CCBr)C(C)C)c1. The van der Waals surface area contributed by atoms with Crippen molar-refractivity contribution in [3.8, 4) is 0 Å². The molecule has 17 heavy (non-hydrogen) atoms. The lowest BCUT2D eigenvalue weighted by Crippen LogP contribution is -2.38. The van der Waals surface area contributed by atoms with E-state index < -0.39 is 0 Å².